The highest BCUT2D eigenvalue weighted by atomic mass is 35.5. The van der Waals surface area contributed by atoms with Crippen LogP contribution in [0.15, 0.2) is 79.1 Å². The maximum atomic E-state index is 13.5. The molecule has 0 atom stereocenters. The van der Waals surface area contributed by atoms with Crippen LogP contribution in [0.3, 0.4) is 0 Å². The number of rotatable bonds is 11. The van der Waals surface area contributed by atoms with Crippen molar-refractivity contribution in [2.75, 3.05) is 50.4 Å². The van der Waals surface area contributed by atoms with Gasteiger partial charge in [0.2, 0.25) is 17.7 Å². The number of nitrogens with zero attached hydrogens (tertiary/aromatic N) is 4. The number of hydrogen-bond donors (Lipinski definition) is 3. The van der Waals surface area contributed by atoms with Crippen LogP contribution in [0.2, 0.25) is 5.02 Å². The summed E-state index contributed by atoms with van der Waals surface area (Å²) in [6.45, 7) is 3.10. The molecule has 46 heavy (non-hydrogen) atoms. The number of benzene rings is 3. The summed E-state index contributed by atoms with van der Waals surface area (Å²) in [4.78, 5) is 49.5. The number of nitrogens with one attached hydrogen (secondary N) is 3. The number of amides is 3. The van der Waals surface area contributed by atoms with Gasteiger partial charge in [0.05, 0.1) is 10.5 Å². The van der Waals surface area contributed by atoms with Crippen LogP contribution in [0.4, 0.5) is 21.6 Å². The first-order chi connectivity index (χ1) is 22.2. The van der Waals surface area contributed by atoms with Crippen molar-refractivity contribution in [3.8, 4) is 5.75 Å². The third-order valence-corrected chi connectivity index (χ3v) is 7.54. The summed E-state index contributed by atoms with van der Waals surface area (Å²) in [5, 5.41) is 9.70. The van der Waals surface area contributed by atoms with E-state index in [2.05, 4.69) is 30.8 Å². The Balaban J connectivity index is 1.13. The molecule has 1 saturated heterocycles. The van der Waals surface area contributed by atoms with E-state index in [9.17, 15) is 18.8 Å². The van der Waals surface area contributed by atoms with E-state index >= 15 is 0 Å². The second-order valence-electron chi connectivity index (χ2n) is 10.7. The van der Waals surface area contributed by atoms with Crippen LogP contribution in [-0.2, 0) is 21.0 Å². The molecule has 2 heterocycles. The summed E-state index contributed by atoms with van der Waals surface area (Å²) in [6, 6.07) is 16.6. The minimum atomic E-state index is -0.444. The minimum Gasteiger partial charge on any atom is -0.487 e. The predicted octanol–water partition coefficient (Wildman–Crippen LogP) is 4.52. The highest BCUT2D eigenvalue weighted by Gasteiger charge is 2.17. The molecule has 0 radical (unpaired) electrons. The second-order valence-corrected chi connectivity index (χ2v) is 11.1. The van der Waals surface area contributed by atoms with E-state index in [0.29, 0.717) is 57.5 Å². The molecule has 0 aliphatic carbocycles. The first kappa shape index (κ1) is 32.3. The lowest BCUT2D eigenvalue weighted by Crippen LogP contribution is -2.46. The SMILES string of the molecule is CN1CCN(C(=O)C=CC(=O)NCCC(=O)Nc2ccc3ncnc(Nc4ccc(OCc5cccc(F)c5)c(Cl)c4)c3c2)CC1. The molecule has 4 aromatic rings. The van der Waals surface area contributed by atoms with Crippen molar-refractivity contribution in [1.29, 1.82) is 0 Å². The fourth-order valence-electron chi connectivity index (χ4n) is 4.72. The average Bonchev–Trinajstić information content (AvgIpc) is 3.04. The van der Waals surface area contributed by atoms with Gasteiger partial charge in [-0.3, -0.25) is 14.4 Å². The molecule has 1 aromatic heterocycles. The van der Waals surface area contributed by atoms with Crippen molar-refractivity contribution >= 4 is 57.4 Å². The first-order valence-electron chi connectivity index (χ1n) is 14.7. The quantitative estimate of drug-likeness (QED) is 0.203. The standard InChI is InChI=1S/C33H33ClFN7O4/c1-41-13-15-42(16-14-41)32(45)10-9-30(43)36-12-11-31(44)39-24-5-7-28-26(18-24)33(38-21-37-28)40-25-6-8-29(27(34)19-25)46-20-22-3-2-4-23(35)17-22/h2-10,17-19,21H,11-16,20H2,1H3,(H,36,43)(H,39,44)(H,37,38,40). The van der Waals surface area contributed by atoms with Crippen LogP contribution in [0.1, 0.15) is 12.0 Å². The molecule has 0 bridgehead atoms. The molecular weight excluding hydrogens is 613 g/mol. The van der Waals surface area contributed by atoms with Crippen LogP contribution in [0.5, 0.6) is 5.75 Å². The normalized spacial score (nSPS) is 13.5. The molecular formula is C33H33ClFN7O4. The van der Waals surface area contributed by atoms with Gasteiger partial charge in [0.1, 0.15) is 30.3 Å². The van der Waals surface area contributed by atoms with E-state index in [1.807, 2.05) is 7.05 Å². The number of carbonyl (C=O) groups excluding carboxylic acids is 3. The molecule has 3 amide bonds. The summed E-state index contributed by atoms with van der Waals surface area (Å²) < 4.78 is 19.2. The minimum absolute atomic E-state index is 0.0343. The van der Waals surface area contributed by atoms with Gasteiger partial charge in [-0.1, -0.05) is 23.7 Å². The molecule has 1 aliphatic rings. The number of hydrogen-bond acceptors (Lipinski definition) is 8. The Bertz CT molecular complexity index is 1760. The van der Waals surface area contributed by atoms with E-state index in [-0.39, 0.29) is 37.2 Å². The molecule has 3 N–H and O–H groups in total. The van der Waals surface area contributed by atoms with E-state index in [1.165, 1.54) is 30.6 Å². The summed E-state index contributed by atoms with van der Waals surface area (Å²) in [5.74, 6) is -0.349. The smallest absolute Gasteiger partial charge is 0.246 e. The van der Waals surface area contributed by atoms with Crippen molar-refractivity contribution in [3.05, 3.63) is 95.5 Å². The van der Waals surface area contributed by atoms with E-state index in [0.717, 1.165) is 13.1 Å². The van der Waals surface area contributed by atoms with Crippen LogP contribution in [-0.4, -0.2) is 77.3 Å². The zero-order valence-electron chi connectivity index (χ0n) is 25.1. The third-order valence-electron chi connectivity index (χ3n) is 7.24. The predicted molar refractivity (Wildman–Crippen MR) is 174 cm³/mol. The van der Waals surface area contributed by atoms with Crippen molar-refractivity contribution in [1.82, 2.24) is 25.1 Å². The van der Waals surface area contributed by atoms with Gasteiger partial charge in [-0.15, -0.1) is 0 Å². The van der Waals surface area contributed by atoms with Crippen molar-refractivity contribution < 1.29 is 23.5 Å². The molecule has 11 nitrogen and oxygen atoms in total. The number of halogens is 2. The topological polar surface area (TPSA) is 129 Å². The van der Waals surface area contributed by atoms with Gasteiger partial charge in [0.25, 0.3) is 0 Å². The monoisotopic (exact) mass is 645 g/mol. The first-order valence-corrected chi connectivity index (χ1v) is 15.0. The highest BCUT2D eigenvalue weighted by Crippen LogP contribution is 2.31. The lowest BCUT2D eigenvalue weighted by Gasteiger charge is -2.31. The molecule has 5 rings (SSSR count). The number of piperazine rings is 1. The van der Waals surface area contributed by atoms with Crippen molar-refractivity contribution in [2.24, 2.45) is 0 Å². The Morgan fingerprint density at radius 3 is 2.57 bits per heavy atom. The van der Waals surface area contributed by atoms with E-state index in [1.54, 1.807) is 53.4 Å². The summed E-state index contributed by atoms with van der Waals surface area (Å²) in [6.07, 6.45) is 3.91. The van der Waals surface area contributed by atoms with Gasteiger partial charge in [-0.2, -0.15) is 0 Å². The summed E-state index contributed by atoms with van der Waals surface area (Å²) >= 11 is 6.46. The van der Waals surface area contributed by atoms with Gasteiger partial charge in [0, 0.05) is 68.1 Å². The number of ether oxygens (including phenoxy) is 1. The Labute approximate surface area is 270 Å². The Morgan fingerprint density at radius 2 is 1.78 bits per heavy atom. The molecule has 0 saturated carbocycles. The molecule has 1 fully saturated rings. The van der Waals surface area contributed by atoms with Gasteiger partial charge in [0.15, 0.2) is 0 Å². The maximum absolute atomic E-state index is 13.5. The van der Waals surface area contributed by atoms with Crippen LogP contribution in [0, 0.1) is 5.82 Å². The number of fused-ring (bicyclic) bond motifs is 1. The Kier molecular flexibility index (Phi) is 10.7. The summed E-state index contributed by atoms with van der Waals surface area (Å²) in [7, 11) is 2.00. The van der Waals surface area contributed by atoms with Crippen LogP contribution < -0.4 is 20.7 Å². The van der Waals surface area contributed by atoms with Gasteiger partial charge >= 0.3 is 0 Å². The average molecular weight is 646 g/mol. The lowest BCUT2D eigenvalue weighted by atomic mass is 10.2. The highest BCUT2D eigenvalue weighted by molar-refractivity contribution is 6.32. The van der Waals surface area contributed by atoms with Gasteiger partial charge < -0.3 is 30.5 Å². The Hall–Kier alpha value is -5.07. The van der Waals surface area contributed by atoms with E-state index in [4.69, 9.17) is 16.3 Å². The zero-order chi connectivity index (χ0) is 32.5. The third kappa shape index (κ3) is 8.99. The summed E-state index contributed by atoms with van der Waals surface area (Å²) in [5.41, 5.74) is 2.51. The lowest BCUT2D eigenvalue weighted by molar-refractivity contribution is -0.128. The fourth-order valence-corrected chi connectivity index (χ4v) is 4.95. The largest absolute Gasteiger partial charge is 0.487 e. The molecule has 0 spiro atoms. The molecule has 0 unspecified atom stereocenters. The Morgan fingerprint density at radius 1 is 0.978 bits per heavy atom. The number of carbonyl (C=O) groups is 3. The molecule has 238 valence electrons. The number of likely N-dealkylation sites (N-methyl/N-ethyl adjacent to an activating group) is 1. The molecule has 13 heteroatoms. The van der Waals surface area contributed by atoms with Gasteiger partial charge in [-0.25, -0.2) is 14.4 Å². The van der Waals surface area contributed by atoms with Crippen molar-refractivity contribution in [3.63, 3.8) is 0 Å². The zero-order valence-corrected chi connectivity index (χ0v) is 25.9. The second kappa shape index (κ2) is 15.3. The molecule has 1 aliphatic heterocycles. The van der Waals surface area contributed by atoms with Crippen LogP contribution in [0.25, 0.3) is 10.9 Å². The maximum Gasteiger partial charge on any atom is 0.246 e. The van der Waals surface area contributed by atoms with Crippen LogP contribution >= 0.6 is 11.6 Å². The fraction of sp³-hybridized carbons (Fsp3) is 0.242. The molecule has 3 aromatic carbocycles. The van der Waals surface area contributed by atoms with E-state index < -0.39 is 5.91 Å². The van der Waals surface area contributed by atoms with Gasteiger partial charge in [-0.05, 0) is 61.1 Å². The number of aromatic nitrogens is 2. The van der Waals surface area contributed by atoms with Crippen molar-refractivity contribution in [2.45, 2.75) is 13.0 Å². The number of anilines is 3.